The van der Waals surface area contributed by atoms with Gasteiger partial charge in [0.1, 0.15) is 30.3 Å². The molecule has 5 rings (SSSR count). The lowest BCUT2D eigenvalue weighted by molar-refractivity contribution is -0.0817. The maximum Gasteiger partial charge on any atom is 0.508 e. The summed E-state index contributed by atoms with van der Waals surface area (Å²) in [4.78, 5) is 24.6. The van der Waals surface area contributed by atoms with Gasteiger partial charge in [-0.05, 0) is 31.5 Å². The van der Waals surface area contributed by atoms with Gasteiger partial charge in [-0.25, -0.2) is 24.3 Å². The van der Waals surface area contributed by atoms with Crippen LogP contribution in [-0.2, 0) is 32.3 Å². The average molecular weight is 616 g/mol. The third kappa shape index (κ3) is 5.78. The van der Waals surface area contributed by atoms with Crippen LogP contribution in [0.15, 0.2) is 30.9 Å². The lowest BCUT2D eigenvalue weighted by Crippen LogP contribution is -2.36. The zero-order valence-corrected chi connectivity index (χ0v) is 24.4. The fraction of sp³-hybridized carbons (Fsp3) is 0.500. The van der Waals surface area contributed by atoms with E-state index in [1.807, 2.05) is 6.92 Å². The van der Waals surface area contributed by atoms with E-state index in [9.17, 15) is 9.36 Å². The molecule has 2 aromatic heterocycles. The first-order valence-electron chi connectivity index (χ1n) is 12.3. The van der Waals surface area contributed by atoms with Crippen LogP contribution >= 0.6 is 31.0 Å². The Bertz CT molecular complexity index is 1470. The standard InChI is InChI=1S/C24H28Cl2N5O8P/c1-12-19(37-23(32)34-4)17(36-22(12)31-11-30-18-20(27)28-10-29-21(18)31)9-35-40(33)38-16(8-24(2,3)39-40)13-5-6-14(25)15(26)7-13/h5-7,10-12,16-17,19,22H,8-9H2,1-4H3,(H2,27,28,29)/t12-,16?,17+,19-,22+,40?/m0/s1. The fourth-order valence-corrected chi connectivity index (χ4v) is 6.83. The molecule has 0 aliphatic carbocycles. The van der Waals surface area contributed by atoms with Crippen molar-refractivity contribution < 1.29 is 37.1 Å². The third-order valence-electron chi connectivity index (χ3n) is 6.71. The maximum atomic E-state index is 13.8. The van der Waals surface area contributed by atoms with Gasteiger partial charge in [0, 0.05) is 12.3 Å². The van der Waals surface area contributed by atoms with E-state index in [2.05, 4.69) is 15.0 Å². The zero-order chi connectivity index (χ0) is 28.8. The molecular formula is C24H28Cl2N5O8P. The summed E-state index contributed by atoms with van der Waals surface area (Å²) in [5, 5.41) is 0.721. The second-order valence-corrected chi connectivity index (χ2v) is 12.5. The molecule has 2 unspecified atom stereocenters. The van der Waals surface area contributed by atoms with Crippen molar-refractivity contribution in [1.82, 2.24) is 19.5 Å². The molecule has 2 aliphatic rings. The highest BCUT2D eigenvalue weighted by atomic mass is 35.5. The molecule has 13 nitrogen and oxygen atoms in total. The first kappa shape index (κ1) is 29.0. The van der Waals surface area contributed by atoms with Gasteiger partial charge in [0.15, 0.2) is 11.5 Å². The summed E-state index contributed by atoms with van der Waals surface area (Å²) in [7, 11) is -2.94. The summed E-state index contributed by atoms with van der Waals surface area (Å²) < 4.78 is 49.3. The number of ether oxygens (including phenoxy) is 3. The van der Waals surface area contributed by atoms with Crippen molar-refractivity contribution in [1.29, 1.82) is 0 Å². The molecule has 2 saturated heterocycles. The average Bonchev–Trinajstić information content (AvgIpc) is 3.45. The molecule has 6 atom stereocenters. The summed E-state index contributed by atoms with van der Waals surface area (Å²) >= 11 is 12.3. The van der Waals surface area contributed by atoms with Crippen LogP contribution in [0.2, 0.25) is 10.0 Å². The quantitative estimate of drug-likeness (QED) is 0.275. The van der Waals surface area contributed by atoms with E-state index in [-0.39, 0.29) is 12.4 Å². The van der Waals surface area contributed by atoms with Gasteiger partial charge in [0.05, 0.1) is 41.8 Å². The predicted octanol–water partition coefficient (Wildman–Crippen LogP) is 5.48. The van der Waals surface area contributed by atoms with Gasteiger partial charge in [-0.15, -0.1) is 0 Å². The van der Waals surface area contributed by atoms with Crippen LogP contribution in [0, 0.1) is 5.92 Å². The van der Waals surface area contributed by atoms with Crippen molar-refractivity contribution in [3.63, 3.8) is 0 Å². The lowest BCUT2D eigenvalue weighted by Gasteiger charge is -2.39. The van der Waals surface area contributed by atoms with E-state index in [0.717, 1.165) is 0 Å². The summed E-state index contributed by atoms with van der Waals surface area (Å²) in [6.45, 7) is 5.07. The minimum Gasteiger partial charge on any atom is -0.438 e. The topological polar surface area (TPSA) is 159 Å². The van der Waals surface area contributed by atoms with Crippen LogP contribution in [-0.4, -0.2) is 57.2 Å². The molecule has 216 valence electrons. The number of nitrogens with zero attached hydrogens (tertiary/aromatic N) is 4. The van der Waals surface area contributed by atoms with Gasteiger partial charge < -0.3 is 19.9 Å². The second kappa shape index (κ2) is 11.1. The van der Waals surface area contributed by atoms with E-state index in [1.165, 1.54) is 19.8 Å². The summed E-state index contributed by atoms with van der Waals surface area (Å²) in [6, 6.07) is 5.03. The van der Waals surface area contributed by atoms with Gasteiger partial charge >= 0.3 is 14.0 Å². The van der Waals surface area contributed by atoms with Crippen molar-refractivity contribution in [3.8, 4) is 0 Å². The number of carbonyl (C=O) groups is 1. The number of rotatable bonds is 6. The van der Waals surface area contributed by atoms with E-state index in [4.69, 9.17) is 56.7 Å². The van der Waals surface area contributed by atoms with E-state index >= 15 is 0 Å². The monoisotopic (exact) mass is 615 g/mol. The number of imidazole rings is 1. The van der Waals surface area contributed by atoms with Crippen LogP contribution in [0.1, 0.15) is 45.1 Å². The Morgan fingerprint density at radius 1 is 1.25 bits per heavy atom. The van der Waals surface area contributed by atoms with Gasteiger partial charge in [0.2, 0.25) is 0 Å². The fourth-order valence-electron chi connectivity index (χ4n) is 4.85. The van der Waals surface area contributed by atoms with Gasteiger partial charge in [-0.2, -0.15) is 0 Å². The normalized spacial score (nSPS) is 29.9. The number of fused-ring (bicyclic) bond motifs is 1. The Morgan fingerprint density at radius 2 is 2.02 bits per heavy atom. The SMILES string of the molecule is COC(=O)O[C@H]1[C@H](C)[C@H](n2cnc3c(N)ncnc32)O[C@@H]1COP1(=O)OC(c2ccc(Cl)c(Cl)c2)CC(C)(C)O1. The number of methoxy groups -OCH3 is 1. The van der Waals surface area contributed by atoms with Gasteiger partial charge in [0.25, 0.3) is 0 Å². The molecule has 40 heavy (non-hydrogen) atoms. The molecule has 2 fully saturated rings. The van der Waals surface area contributed by atoms with Crippen LogP contribution in [0.4, 0.5) is 10.6 Å². The molecule has 4 heterocycles. The Hall–Kier alpha value is -2.51. The molecule has 0 bridgehead atoms. The molecule has 0 saturated carbocycles. The maximum absolute atomic E-state index is 13.8. The van der Waals surface area contributed by atoms with Crippen LogP contribution < -0.4 is 5.73 Å². The molecule has 1 aromatic carbocycles. The molecular weight excluding hydrogens is 588 g/mol. The van der Waals surface area contributed by atoms with E-state index < -0.39 is 50.0 Å². The molecule has 0 spiro atoms. The minimum absolute atomic E-state index is 0.209. The highest BCUT2D eigenvalue weighted by molar-refractivity contribution is 7.48. The summed E-state index contributed by atoms with van der Waals surface area (Å²) in [5.41, 5.74) is 6.56. The number of phosphoric ester groups is 1. The highest BCUT2D eigenvalue weighted by Crippen LogP contribution is 2.62. The van der Waals surface area contributed by atoms with Gasteiger partial charge in [-0.1, -0.05) is 36.2 Å². The Kier molecular flexibility index (Phi) is 8.01. The van der Waals surface area contributed by atoms with Crippen molar-refractivity contribution in [2.24, 2.45) is 5.92 Å². The Balaban J connectivity index is 1.38. The number of carbonyl (C=O) groups excluding carboxylic acids is 1. The number of nitrogen functional groups attached to an aromatic ring is 1. The molecule has 0 radical (unpaired) electrons. The van der Waals surface area contributed by atoms with Crippen molar-refractivity contribution in [2.75, 3.05) is 19.5 Å². The first-order valence-corrected chi connectivity index (χ1v) is 14.5. The van der Waals surface area contributed by atoms with Crippen molar-refractivity contribution >= 4 is 54.2 Å². The molecule has 3 aromatic rings. The highest BCUT2D eigenvalue weighted by Gasteiger charge is 2.50. The largest absolute Gasteiger partial charge is 0.508 e. The number of halogens is 2. The van der Waals surface area contributed by atoms with Gasteiger partial charge in [-0.3, -0.25) is 18.1 Å². The lowest BCUT2D eigenvalue weighted by atomic mass is 9.96. The van der Waals surface area contributed by atoms with Crippen LogP contribution in [0.25, 0.3) is 11.2 Å². The number of aromatic nitrogens is 4. The number of phosphoric acid groups is 1. The van der Waals surface area contributed by atoms with Crippen molar-refractivity contribution in [2.45, 2.75) is 57.3 Å². The Labute approximate surface area is 239 Å². The molecule has 16 heteroatoms. The number of hydrogen-bond acceptors (Lipinski definition) is 12. The second-order valence-electron chi connectivity index (χ2n) is 10.1. The summed E-state index contributed by atoms with van der Waals surface area (Å²) in [5.74, 6) is -0.226. The first-order chi connectivity index (χ1) is 18.9. The third-order valence-corrected chi connectivity index (χ3v) is 9.15. The zero-order valence-electron chi connectivity index (χ0n) is 22.0. The summed E-state index contributed by atoms with van der Waals surface area (Å²) in [6.07, 6.45) is -0.799. The number of anilines is 1. The molecule has 0 amide bonds. The molecule has 2 aliphatic heterocycles. The number of nitrogens with two attached hydrogens (primary N) is 1. The van der Waals surface area contributed by atoms with E-state index in [1.54, 1.807) is 36.6 Å². The minimum atomic E-state index is -4.13. The smallest absolute Gasteiger partial charge is 0.438 e. The van der Waals surface area contributed by atoms with Crippen LogP contribution in [0.3, 0.4) is 0 Å². The number of benzene rings is 1. The van der Waals surface area contributed by atoms with E-state index in [0.29, 0.717) is 33.2 Å². The Morgan fingerprint density at radius 3 is 2.75 bits per heavy atom. The number of hydrogen-bond donors (Lipinski definition) is 1. The predicted molar refractivity (Wildman–Crippen MR) is 144 cm³/mol. The van der Waals surface area contributed by atoms with Crippen molar-refractivity contribution in [3.05, 3.63) is 46.5 Å². The van der Waals surface area contributed by atoms with Crippen LogP contribution in [0.5, 0.6) is 0 Å². The molecule has 2 N–H and O–H groups in total.